The van der Waals surface area contributed by atoms with Crippen LogP contribution in [0.1, 0.15) is 27.2 Å². The minimum absolute atomic E-state index is 0.0327. The van der Waals surface area contributed by atoms with Gasteiger partial charge in [-0.3, -0.25) is 9.80 Å². The van der Waals surface area contributed by atoms with Gasteiger partial charge in [0.1, 0.15) is 0 Å². The monoisotopic (exact) mass is 333 g/mol. The molecule has 0 aromatic carbocycles. The van der Waals surface area contributed by atoms with Gasteiger partial charge in [0.05, 0.1) is 19.0 Å². The molecule has 22 heavy (non-hydrogen) atoms. The Hall–Kier alpha value is -0.210. The molecule has 2 heterocycles. The minimum Gasteiger partial charge on any atom is -0.375 e. The van der Waals surface area contributed by atoms with Gasteiger partial charge in [-0.2, -0.15) is 4.31 Å². The number of piperazine rings is 1. The fourth-order valence-electron chi connectivity index (χ4n) is 3.50. The first-order valence-corrected chi connectivity index (χ1v) is 10.1. The number of hydrogen-bond donors (Lipinski definition) is 0. The summed E-state index contributed by atoms with van der Waals surface area (Å²) in [5.74, 6) is 0. The molecule has 0 aliphatic carbocycles. The number of rotatable bonds is 5. The second-order valence-electron chi connectivity index (χ2n) is 7.05. The maximum atomic E-state index is 11.6. The van der Waals surface area contributed by atoms with Crippen LogP contribution in [0.4, 0.5) is 0 Å². The second-order valence-corrected chi connectivity index (χ2v) is 9.03. The fraction of sp³-hybridized carbons (Fsp3) is 1.00. The molecular formula is C15H31N3O3S. The average molecular weight is 333 g/mol. The summed E-state index contributed by atoms with van der Waals surface area (Å²) in [5, 5.41) is 0. The Morgan fingerprint density at radius 1 is 1.14 bits per heavy atom. The zero-order valence-electron chi connectivity index (χ0n) is 14.4. The first-order chi connectivity index (χ1) is 10.2. The Labute approximate surface area is 135 Å². The van der Waals surface area contributed by atoms with Crippen LogP contribution in [0.5, 0.6) is 0 Å². The molecule has 1 unspecified atom stereocenters. The van der Waals surface area contributed by atoms with Crippen LogP contribution in [0.3, 0.4) is 0 Å². The maximum Gasteiger partial charge on any atom is 0.211 e. The number of sulfonamides is 1. The minimum atomic E-state index is -3.06. The van der Waals surface area contributed by atoms with Gasteiger partial charge >= 0.3 is 0 Å². The van der Waals surface area contributed by atoms with Crippen LogP contribution in [-0.4, -0.2) is 92.8 Å². The molecule has 0 aromatic rings. The highest BCUT2D eigenvalue weighted by molar-refractivity contribution is 7.88. The molecule has 0 saturated carbocycles. The SMILES string of the molecule is CCN1CCOC(CC(C)(C)N2CCN(S(C)(=O)=O)CC2)C1. The lowest BCUT2D eigenvalue weighted by Gasteiger charge is -2.46. The third kappa shape index (κ3) is 4.64. The van der Waals surface area contributed by atoms with Gasteiger partial charge in [-0.15, -0.1) is 0 Å². The van der Waals surface area contributed by atoms with E-state index < -0.39 is 10.0 Å². The van der Waals surface area contributed by atoms with E-state index in [9.17, 15) is 8.42 Å². The normalized spacial score (nSPS) is 27.2. The topological polar surface area (TPSA) is 53.1 Å². The summed E-state index contributed by atoms with van der Waals surface area (Å²) in [7, 11) is -3.06. The lowest BCUT2D eigenvalue weighted by Crippen LogP contribution is -2.57. The zero-order valence-corrected chi connectivity index (χ0v) is 15.2. The van der Waals surface area contributed by atoms with Crippen molar-refractivity contribution in [1.29, 1.82) is 0 Å². The first kappa shape index (κ1) is 18.1. The van der Waals surface area contributed by atoms with E-state index in [0.717, 1.165) is 45.8 Å². The molecule has 2 saturated heterocycles. The molecule has 2 aliphatic rings. The lowest BCUT2D eigenvalue weighted by molar-refractivity contribution is -0.0580. The number of likely N-dealkylation sites (N-methyl/N-ethyl adjacent to an activating group) is 1. The van der Waals surface area contributed by atoms with Gasteiger partial charge in [-0.1, -0.05) is 6.92 Å². The van der Waals surface area contributed by atoms with E-state index in [4.69, 9.17) is 4.74 Å². The Balaban J connectivity index is 1.88. The molecule has 2 aliphatic heterocycles. The van der Waals surface area contributed by atoms with Crippen molar-refractivity contribution >= 4 is 10.0 Å². The summed E-state index contributed by atoms with van der Waals surface area (Å²) in [4.78, 5) is 4.84. The molecule has 7 heteroatoms. The Bertz CT molecular complexity index is 459. The van der Waals surface area contributed by atoms with Crippen LogP contribution in [0, 0.1) is 0 Å². The Kier molecular flexibility index (Phi) is 5.88. The van der Waals surface area contributed by atoms with Crippen LogP contribution in [0.2, 0.25) is 0 Å². The van der Waals surface area contributed by atoms with Crippen molar-refractivity contribution < 1.29 is 13.2 Å². The lowest BCUT2D eigenvalue weighted by atomic mass is 9.93. The highest BCUT2D eigenvalue weighted by Crippen LogP contribution is 2.25. The predicted octanol–water partition coefficient (Wildman–Crippen LogP) is 0.453. The highest BCUT2D eigenvalue weighted by atomic mass is 32.2. The number of ether oxygens (including phenoxy) is 1. The Morgan fingerprint density at radius 3 is 2.32 bits per heavy atom. The van der Waals surface area contributed by atoms with E-state index in [1.165, 1.54) is 6.26 Å². The summed E-state index contributed by atoms with van der Waals surface area (Å²) in [6, 6.07) is 0. The quantitative estimate of drug-likeness (QED) is 0.731. The standard InChI is InChI=1S/C15H31N3O3S/c1-5-16-10-11-21-14(13-16)12-15(2,3)17-6-8-18(9-7-17)22(4,19)20/h14H,5-13H2,1-4H3. The average Bonchev–Trinajstić information content (AvgIpc) is 2.46. The largest absolute Gasteiger partial charge is 0.375 e. The van der Waals surface area contributed by atoms with Gasteiger partial charge < -0.3 is 4.74 Å². The zero-order chi connectivity index (χ0) is 16.4. The third-order valence-electron chi connectivity index (χ3n) is 4.96. The molecule has 0 bridgehead atoms. The smallest absolute Gasteiger partial charge is 0.211 e. The van der Waals surface area contributed by atoms with Crippen molar-refractivity contribution in [2.75, 3.05) is 58.7 Å². The van der Waals surface area contributed by atoms with Gasteiger partial charge in [-0.05, 0) is 26.8 Å². The van der Waals surface area contributed by atoms with E-state index in [1.54, 1.807) is 4.31 Å². The van der Waals surface area contributed by atoms with Crippen molar-refractivity contribution in [3.05, 3.63) is 0 Å². The highest BCUT2D eigenvalue weighted by Gasteiger charge is 2.35. The van der Waals surface area contributed by atoms with Crippen LogP contribution in [0.25, 0.3) is 0 Å². The summed E-state index contributed by atoms with van der Waals surface area (Å²) in [6.07, 6.45) is 2.56. The van der Waals surface area contributed by atoms with Crippen LogP contribution in [-0.2, 0) is 14.8 Å². The van der Waals surface area contributed by atoms with E-state index >= 15 is 0 Å². The van der Waals surface area contributed by atoms with Gasteiger partial charge in [-0.25, -0.2) is 8.42 Å². The molecule has 2 fully saturated rings. The molecule has 130 valence electrons. The van der Waals surface area contributed by atoms with Crippen LogP contribution < -0.4 is 0 Å². The molecule has 2 rings (SSSR count). The molecule has 0 radical (unpaired) electrons. The van der Waals surface area contributed by atoms with E-state index in [0.29, 0.717) is 13.1 Å². The van der Waals surface area contributed by atoms with Crippen molar-refractivity contribution in [3.63, 3.8) is 0 Å². The van der Waals surface area contributed by atoms with E-state index in [-0.39, 0.29) is 11.6 Å². The van der Waals surface area contributed by atoms with Crippen LogP contribution >= 0.6 is 0 Å². The van der Waals surface area contributed by atoms with Gasteiger partial charge in [0, 0.05) is 44.8 Å². The van der Waals surface area contributed by atoms with Gasteiger partial charge in [0.15, 0.2) is 0 Å². The number of nitrogens with zero attached hydrogens (tertiary/aromatic N) is 3. The summed E-state index contributed by atoms with van der Waals surface area (Å²) < 4.78 is 30.7. The second kappa shape index (κ2) is 7.13. The van der Waals surface area contributed by atoms with Crippen molar-refractivity contribution in [3.8, 4) is 0 Å². The molecule has 0 N–H and O–H groups in total. The molecule has 0 spiro atoms. The van der Waals surface area contributed by atoms with E-state index in [1.807, 2.05) is 0 Å². The molecule has 1 atom stereocenters. The molecule has 0 aromatic heterocycles. The fourth-order valence-corrected chi connectivity index (χ4v) is 4.33. The number of morpholine rings is 1. The first-order valence-electron chi connectivity index (χ1n) is 8.26. The molecule has 6 nitrogen and oxygen atoms in total. The third-order valence-corrected chi connectivity index (χ3v) is 6.26. The number of hydrogen-bond acceptors (Lipinski definition) is 5. The van der Waals surface area contributed by atoms with Crippen molar-refractivity contribution in [2.24, 2.45) is 0 Å². The summed E-state index contributed by atoms with van der Waals surface area (Å²) in [6.45, 7) is 13.4. The Morgan fingerprint density at radius 2 is 1.77 bits per heavy atom. The van der Waals surface area contributed by atoms with Crippen molar-refractivity contribution in [1.82, 2.24) is 14.1 Å². The summed E-state index contributed by atoms with van der Waals surface area (Å²) in [5.41, 5.74) is 0.0327. The molecule has 0 amide bonds. The predicted molar refractivity (Wildman–Crippen MR) is 88.5 cm³/mol. The van der Waals surface area contributed by atoms with E-state index in [2.05, 4.69) is 30.6 Å². The maximum absolute atomic E-state index is 11.6. The van der Waals surface area contributed by atoms with Gasteiger partial charge in [0.25, 0.3) is 0 Å². The molecular weight excluding hydrogens is 302 g/mol. The van der Waals surface area contributed by atoms with Gasteiger partial charge in [0.2, 0.25) is 10.0 Å². The van der Waals surface area contributed by atoms with Crippen molar-refractivity contribution in [2.45, 2.75) is 38.8 Å². The summed E-state index contributed by atoms with van der Waals surface area (Å²) >= 11 is 0. The van der Waals surface area contributed by atoms with Crippen LogP contribution in [0.15, 0.2) is 0 Å².